The van der Waals surface area contributed by atoms with Gasteiger partial charge in [-0.05, 0) is 105 Å². The third-order valence-electron chi connectivity index (χ3n) is 6.80. The van der Waals surface area contributed by atoms with Crippen LogP contribution >= 0.6 is 0 Å². The van der Waals surface area contributed by atoms with Gasteiger partial charge in [-0.1, -0.05) is 12.1 Å². The van der Waals surface area contributed by atoms with Crippen LogP contribution in [0.25, 0.3) is 10.8 Å². The van der Waals surface area contributed by atoms with Crippen molar-refractivity contribution in [1.82, 2.24) is 15.0 Å². The fourth-order valence-corrected chi connectivity index (χ4v) is 4.91. The van der Waals surface area contributed by atoms with Crippen LogP contribution in [-0.2, 0) is 29.0 Å². The smallest absolute Gasteiger partial charge is 0.310 e. The third kappa shape index (κ3) is 6.82. The van der Waals surface area contributed by atoms with Crippen LogP contribution in [0.1, 0.15) is 59.7 Å². The highest BCUT2D eigenvalue weighted by atomic mass is 16.6. The summed E-state index contributed by atoms with van der Waals surface area (Å²) in [6.07, 6.45) is 3.57. The van der Waals surface area contributed by atoms with Crippen LogP contribution in [0, 0.1) is 27.7 Å². The summed E-state index contributed by atoms with van der Waals surface area (Å²) in [5.74, 6) is 1.80. The second-order valence-electron chi connectivity index (χ2n) is 11.1. The molecule has 0 aliphatic heterocycles. The van der Waals surface area contributed by atoms with Gasteiger partial charge in [0.25, 0.3) is 0 Å². The Hall–Kier alpha value is -4.20. The molecule has 0 aliphatic rings. The number of nitrogen functional groups attached to an aromatic ring is 1. The summed E-state index contributed by atoms with van der Waals surface area (Å²) < 4.78 is 5.50. The number of benzene rings is 2. The summed E-state index contributed by atoms with van der Waals surface area (Å²) in [5, 5.41) is 8.92. The van der Waals surface area contributed by atoms with Gasteiger partial charge in [-0.25, -0.2) is 15.0 Å². The molecular weight excluding hydrogens is 488 g/mol. The van der Waals surface area contributed by atoms with Crippen molar-refractivity contribution in [2.75, 3.05) is 16.4 Å². The molecule has 39 heavy (non-hydrogen) atoms. The number of fused-ring (bicyclic) bond motifs is 1. The second kappa shape index (κ2) is 11.3. The maximum atomic E-state index is 12.4. The number of hydrogen-bond acceptors (Lipinski definition) is 8. The van der Waals surface area contributed by atoms with Crippen molar-refractivity contribution in [3.8, 4) is 0 Å². The van der Waals surface area contributed by atoms with E-state index in [0.717, 1.165) is 50.2 Å². The first-order chi connectivity index (χ1) is 18.4. The number of aryl methyl sites for hydroxylation is 4. The lowest BCUT2D eigenvalue weighted by Crippen LogP contribution is -2.25. The van der Waals surface area contributed by atoms with Crippen molar-refractivity contribution < 1.29 is 9.53 Å². The van der Waals surface area contributed by atoms with E-state index in [-0.39, 0.29) is 12.4 Å². The molecule has 204 valence electrons. The van der Waals surface area contributed by atoms with Crippen LogP contribution in [0.5, 0.6) is 0 Å². The van der Waals surface area contributed by atoms with Crippen molar-refractivity contribution in [3.05, 3.63) is 81.8 Å². The average Bonchev–Trinajstić information content (AvgIpc) is 2.85. The Morgan fingerprint density at radius 2 is 1.46 bits per heavy atom. The van der Waals surface area contributed by atoms with Gasteiger partial charge >= 0.3 is 5.97 Å². The zero-order valence-electron chi connectivity index (χ0n) is 23.9. The fourth-order valence-electron chi connectivity index (χ4n) is 4.91. The Bertz CT molecular complexity index is 1500. The maximum absolute atomic E-state index is 12.4. The summed E-state index contributed by atoms with van der Waals surface area (Å²) in [6.45, 7) is 15.1. The number of nitrogens with zero attached hydrogens (tertiary/aromatic N) is 3. The Morgan fingerprint density at radius 3 is 2.10 bits per heavy atom. The number of carbonyl (C=O) groups excluding carboxylic acids is 1. The maximum Gasteiger partial charge on any atom is 0.310 e. The topological polar surface area (TPSA) is 115 Å². The molecule has 0 amide bonds. The van der Waals surface area contributed by atoms with Crippen LogP contribution < -0.4 is 16.4 Å². The number of hydrogen-bond donors (Lipinski definition) is 3. The average molecular weight is 527 g/mol. The number of pyridine rings is 1. The molecule has 8 heteroatoms. The van der Waals surface area contributed by atoms with E-state index in [1.165, 1.54) is 11.1 Å². The van der Waals surface area contributed by atoms with Crippen LogP contribution in [0.15, 0.2) is 42.9 Å². The highest BCUT2D eigenvalue weighted by Gasteiger charge is 2.18. The fraction of sp³-hybridized carbons (Fsp3) is 0.355. The molecule has 0 spiro atoms. The molecule has 2 aromatic carbocycles. The number of rotatable bonds is 8. The van der Waals surface area contributed by atoms with E-state index in [1.807, 2.05) is 46.8 Å². The quantitative estimate of drug-likeness (QED) is 0.241. The number of carbonyl (C=O) groups is 1. The van der Waals surface area contributed by atoms with Gasteiger partial charge in [0.1, 0.15) is 29.4 Å². The molecule has 0 radical (unpaired) electrons. The van der Waals surface area contributed by atoms with Crippen molar-refractivity contribution >= 4 is 34.2 Å². The molecule has 0 saturated carbocycles. The highest BCUT2D eigenvalue weighted by molar-refractivity contribution is 5.94. The van der Waals surface area contributed by atoms with Gasteiger partial charge in [0.15, 0.2) is 0 Å². The first-order valence-corrected chi connectivity index (χ1v) is 13.1. The zero-order chi connectivity index (χ0) is 28.3. The molecule has 8 nitrogen and oxygen atoms in total. The molecule has 0 fully saturated rings. The van der Waals surface area contributed by atoms with E-state index in [2.05, 4.69) is 57.6 Å². The summed E-state index contributed by atoms with van der Waals surface area (Å²) in [4.78, 5) is 25.4. The van der Waals surface area contributed by atoms with Crippen LogP contribution in [0.2, 0.25) is 0 Å². The Labute approximate surface area is 230 Å². The molecule has 2 aromatic heterocycles. The first-order valence-electron chi connectivity index (χ1n) is 13.1. The van der Waals surface area contributed by atoms with Crippen LogP contribution in [-0.4, -0.2) is 26.5 Å². The molecule has 0 atom stereocenters. The van der Waals surface area contributed by atoms with E-state index < -0.39 is 5.60 Å². The SMILES string of the molecule is Cc1cc(CNc2cc(NCc3c(C)cc4c(N)nccc4c3C)ncn2)cc(C)c1CC(=O)OC(C)(C)C. The van der Waals surface area contributed by atoms with Gasteiger partial charge in [0.05, 0.1) is 6.42 Å². The van der Waals surface area contributed by atoms with Gasteiger partial charge in [0.2, 0.25) is 0 Å². The molecule has 0 aliphatic carbocycles. The van der Waals surface area contributed by atoms with Crippen molar-refractivity contribution in [3.63, 3.8) is 0 Å². The molecule has 0 bridgehead atoms. The Kier molecular flexibility index (Phi) is 8.04. The van der Waals surface area contributed by atoms with Gasteiger partial charge in [-0.15, -0.1) is 0 Å². The number of ether oxygens (including phenoxy) is 1. The van der Waals surface area contributed by atoms with Crippen molar-refractivity contribution in [1.29, 1.82) is 0 Å². The molecule has 4 N–H and O–H groups in total. The predicted molar refractivity (Wildman–Crippen MR) is 158 cm³/mol. The predicted octanol–water partition coefficient (Wildman–Crippen LogP) is 5.95. The number of nitrogens with two attached hydrogens (primary N) is 1. The molecule has 0 unspecified atom stereocenters. The number of nitrogens with one attached hydrogen (secondary N) is 2. The summed E-state index contributed by atoms with van der Waals surface area (Å²) >= 11 is 0. The standard InChI is InChI=1S/C31H38N6O2/c1-18-10-22(11-19(2)24(18)13-29(38)39-31(5,6)7)15-34-27-14-28(37-17-36-27)35-16-26-20(3)12-25-23(21(26)4)8-9-33-30(25)32/h8-12,14,17H,13,15-16H2,1-7H3,(H2,32,33)(H2,34,35,36,37). The van der Waals surface area contributed by atoms with Crippen molar-refractivity contribution in [2.24, 2.45) is 0 Å². The lowest BCUT2D eigenvalue weighted by atomic mass is 9.96. The summed E-state index contributed by atoms with van der Waals surface area (Å²) in [7, 11) is 0. The molecule has 4 rings (SSSR count). The molecule has 2 heterocycles. The largest absolute Gasteiger partial charge is 0.460 e. The molecular formula is C31H38N6O2. The van der Waals surface area contributed by atoms with E-state index in [9.17, 15) is 4.79 Å². The van der Waals surface area contributed by atoms with Crippen molar-refractivity contribution in [2.45, 2.75) is 73.6 Å². The lowest BCUT2D eigenvalue weighted by molar-refractivity contribution is -0.153. The van der Waals surface area contributed by atoms with Crippen LogP contribution in [0.3, 0.4) is 0 Å². The van der Waals surface area contributed by atoms with Gasteiger partial charge in [0, 0.05) is 30.7 Å². The van der Waals surface area contributed by atoms with E-state index in [4.69, 9.17) is 10.5 Å². The van der Waals surface area contributed by atoms with E-state index >= 15 is 0 Å². The molecule has 4 aromatic rings. The molecule has 0 saturated heterocycles. The minimum atomic E-state index is -0.493. The Morgan fingerprint density at radius 1 is 0.846 bits per heavy atom. The third-order valence-corrected chi connectivity index (χ3v) is 6.80. The van der Waals surface area contributed by atoms with E-state index in [1.54, 1.807) is 12.5 Å². The number of aromatic nitrogens is 3. The van der Waals surface area contributed by atoms with Gasteiger partial charge in [-0.2, -0.15) is 0 Å². The zero-order valence-corrected chi connectivity index (χ0v) is 23.9. The van der Waals surface area contributed by atoms with Gasteiger partial charge < -0.3 is 21.1 Å². The summed E-state index contributed by atoms with van der Waals surface area (Å²) in [5.41, 5.74) is 13.4. The van der Waals surface area contributed by atoms with E-state index in [0.29, 0.717) is 18.9 Å². The highest BCUT2D eigenvalue weighted by Crippen LogP contribution is 2.28. The first kappa shape index (κ1) is 27.8. The minimum absolute atomic E-state index is 0.212. The van der Waals surface area contributed by atoms with Gasteiger partial charge in [-0.3, -0.25) is 4.79 Å². The number of anilines is 3. The monoisotopic (exact) mass is 526 g/mol. The second-order valence-corrected chi connectivity index (χ2v) is 11.1. The summed E-state index contributed by atoms with van der Waals surface area (Å²) in [6, 6.07) is 10.2. The lowest BCUT2D eigenvalue weighted by Gasteiger charge is -2.20. The Balaban J connectivity index is 1.41. The number of esters is 1. The van der Waals surface area contributed by atoms with Crippen LogP contribution in [0.4, 0.5) is 17.5 Å². The normalized spacial score (nSPS) is 11.5. The minimum Gasteiger partial charge on any atom is -0.460 e.